The molecule has 2 aliphatic rings. The fraction of sp³-hybridized carbons (Fsp3) is 0.526. The first-order chi connectivity index (χ1) is 12.4. The van der Waals surface area contributed by atoms with Crippen LogP contribution in [-0.4, -0.2) is 47.4 Å². The van der Waals surface area contributed by atoms with Crippen LogP contribution in [0.5, 0.6) is 0 Å². The summed E-state index contributed by atoms with van der Waals surface area (Å²) >= 11 is 0. The first-order valence-corrected chi connectivity index (χ1v) is 8.95. The van der Waals surface area contributed by atoms with Crippen molar-refractivity contribution in [3.05, 3.63) is 30.1 Å². The second-order valence-electron chi connectivity index (χ2n) is 7.08. The van der Waals surface area contributed by atoms with Gasteiger partial charge in [-0.15, -0.1) is 0 Å². The molecule has 7 heteroatoms. The number of hydrogen-bond donors (Lipinski definition) is 1. The fourth-order valence-electron chi connectivity index (χ4n) is 3.96. The molecule has 26 heavy (non-hydrogen) atoms. The van der Waals surface area contributed by atoms with Gasteiger partial charge in [0, 0.05) is 19.5 Å². The van der Waals surface area contributed by atoms with Crippen LogP contribution >= 0.6 is 0 Å². The number of hydrogen-bond acceptors (Lipinski definition) is 3. The van der Waals surface area contributed by atoms with E-state index in [1.807, 2.05) is 0 Å². The highest BCUT2D eigenvalue weighted by Crippen LogP contribution is 2.32. The zero-order chi connectivity index (χ0) is 18.8. The molecule has 1 aromatic carbocycles. The molecule has 1 saturated carbocycles. The van der Waals surface area contributed by atoms with E-state index in [-0.39, 0.29) is 29.3 Å². The van der Waals surface area contributed by atoms with Crippen molar-refractivity contribution in [2.75, 3.05) is 18.5 Å². The van der Waals surface area contributed by atoms with E-state index in [4.69, 9.17) is 5.11 Å². The van der Waals surface area contributed by atoms with E-state index in [0.717, 1.165) is 0 Å². The van der Waals surface area contributed by atoms with Crippen LogP contribution in [0.4, 0.5) is 10.1 Å². The van der Waals surface area contributed by atoms with Gasteiger partial charge in [0.2, 0.25) is 11.8 Å². The van der Waals surface area contributed by atoms with Crippen molar-refractivity contribution in [3.8, 4) is 0 Å². The zero-order valence-corrected chi connectivity index (χ0v) is 14.7. The van der Waals surface area contributed by atoms with Gasteiger partial charge in [-0.25, -0.2) is 4.39 Å². The maximum Gasteiger partial charge on any atom is 0.306 e. The van der Waals surface area contributed by atoms with Gasteiger partial charge >= 0.3 is 5.97 Å². The Morgan fingerprint density at radius 3 is 2.35 bits per heavy atom. The van der Waals surface area contributed by atoms with E-state index in [9.17, 15) is 18.8 Å². The number of para-hydroxylation sites is 1. The second kappa shape index (κ2) is 7.43. The standard InChI is InChI=1S/C19H23FN2O4/c1-21(17(23)12-6-8-13(9-7-12)19(25)26)16-10-11-22(18(16)24)15-5-3-2-4-14(15)20/h2-5,12-13,16H,6-11H2,1H3,(H,25,26). The van der Waals surface area contributed by atoms with Crippen molar-refractivity contribution in [1.82, 2.24) is 4.90 Å². The summed E-state index contributed by atoms with van der Waals surface area (Å²) in [4.78, 5) is 39.4. The molecule has 140 valence electrons. The summed E-state index contributed by atoms with van der Waals surface area (Å²) in [6, 6.07) is 5.52. The molecule has 0 bridgehead atoms. The lowest BCUT2D eigenvalue weighted by Crippen LogP contribution is -2.46. The smallest absolute Gasteiger partial charge is 0.306 e. The summed E-state index contributed by atoms with van der Waals surface area (Å²) in [5.41, 5.74) is 0.239. The van der Waals surface area contributed by atoms with Gasteiger partial charge < -0.3 is 14.9 Å². The van der Waals surface area contributed by atoms with Gasteiger partial charge in [0.15, 0.2) is 0 Å². The molecule has 6 nitrogen and oxygen atoms in total. The molecule has 1 N–H and O–H groups in total. The van der Waals surface area contributed by atoms with Gasteiger partial charge in [0.05, 0.1) is 11.6 Å². The van der Waals surface area contributed by atoms with Gasteiger partial charge in [0.1, 0.15) is 11.9 Å². The monoisotopic (exact) mass is 362 g/mol. The second-order valence-corrected chi connectivity index (χ2v) is 7.08. The quantitative estimate of drug-likeness (QED) is 0.891. The molecule has 0 radical (unpaired) electrons. The number of halogens is 1. The SMILES string of the molecule is CN(C(=O)C1CCC(C(=O)O)CC1)C1CCN(c2ccccc2F)C1=O. The van der Waals surface area contributed by atoms with Crippen molar-refractivity contribution in [1.29, 1.82) is 0 Å². The van der Waals surface area contributed by atoms with E-state index in [0.29, 0.717) is 38.6 Å². The number of likely N-dealkylation sites (N-methyl/N-ethyl adjacent to an activating group) is 1. The first kappa shape index (κ1) is 18.4. The van der Waals surface area contributed by atoms with Crippen LogP contribution in [0, 0.1) is 17.7 Å². The number of rotatable bonds is 4. The predicted octanol–water partition coefficient (Wildman–Crippen LogP) is 2.28. The van der Waals surface area contributed by atoms with Crippen molar-refractivity contribution in [3.63, 3.8) is 0 Å². The number of carbonyl (C=O) groups excluding carboxylic acids is 2. The number of aliphatic carboxylic acids is 1. The number of carboxylic acid groups (broad SMARTS) is 1. The largest absolute Gasteiger partial charge is 0.481 e. The highest BCUT2D eigenvalue weighted by molar-refractivity contribution is 6.01. The van der Waals surface area contributed by atoms with Crippen LogP contribution < -0.4 is 4.90 Å². The lowest BCUT2D eigenvalue weighted by Gasteiger charge is -2.31. The van der Waals surface area contributed by atoms with Crippen molar-refractivity contribution in [2.45, 2.75) is 38.1 Å². The predicted molar refractivity (Wildman–Crippen MR) is 93.0 cm³/mol. The molecule has 2 amide bonds. The van der Waals surface area contributed by atoms with E-state index in [1.54, 1.807) is 25.2 Å². The van der Waals surface area contributed by atoms with Crippen LogP contribution in [0.2, 0.25) is 0 Å². The molecule has 0 aromatic heterocycles. The lowest BCUT2D eigenvalue weighted by molar-refractivity contribution is -0.146. The van der Waals surface area contributed by atoms with Gasteiger partial charge in [-0.05, 0) is 44.2 Å². The average molecular weight is 362 g/mol. The van der Waals surface area contributed by atoms with Gasteiger partial charge in [-0.1, -0.05) is 12.1 Å². The number of nitrogens with zero attached hydrogens (tertiary/aromatic N) is 2. The normalized spacial score (nSPS) is 26.0. The minimum atomic E-state index is -0.809. The van der Waals surface area contributed by atoms with Crippen molar-refractivity contribution < 1.29 is 23.9 Å². The highest BCUT2D eigenvalue weighted by Gasteiger charge is 2.40. The van der Waals surface area contributed by atoms with Crippen LogP contribution in [0.15, 0.2) is 24.3 Å². The highest BCUT2D eigenvalue weighted by atomic mass is 19.1. The maximum atomic E-state index is 14.0. The summed E-state index contributed by atoms with van der Waals surface area (Å²) in [5, 5.41) is 9.06. The Hall–Kier alpha value is -2.44. The van der Waals surface area contributed by atoms with Crippen LogP contribution in [0.3, 0.4) is 0 Å². The minimum absolute atomic E-state index is 0.123. The van der Waals surface area contributed by atoms with E-state index in [2.05, 4.69) is 0 Å². The Bertz CT molecular complexity index is 715. The van der Waals surface area contributed by atoms with Gasteiger partial charge in [-0.2, -0.15) is 0 Å². The first-order valence-electron chi connectivity index (χ1n) is 8.95. The lowest BCUT2D eigenvalue weighted by atomic mass is 9.81. The third-order valence-electron chi connectivity index (χ3n) is 5.56. The topological polar surface area (TPSA) is 77.9 Å². The summed E-state index contributed by atoms with van der Waals surface area (Å²) in [7, 11) is 1.61. The number of benzene rings is 1. The molecule has 1 heterocycles. The molecule has 1 aromatic rings. The van der Waals surface area contributed by atoms with Gasteiger partial charge in [0.25, 0.3) is 0 Å². The molecule has 1 unspecified atom stereocenters. The summed E-state index contributed by atoms with van der Waals surface area (Å²) in [6.45, 7) is 0.369. The van der Waals surface area contributed by atoms with E-state index < -0.39 is 17.8 Å². The van der Waals surface area contributed by atoms with Crippen LogP contribution in [0.25, 0.3) is 0 Å². The van der Waals surface area contributed by atoms with Crippen LogP contribution in [-0.2, 0) is 14.4 Å². The zero-order valence-electron chi connectivity index (χ0n) is 14.7. The Kier molecular flexibility index (Phi) is 5.25. The molecule has 1 aliphatic heterocycles. The number of anilines is 1. The Morgan fingerprint density at radius 2 is 1.73 bits per heavy atom. The molecule has 2 fully saturated rings. The van der Waals surface area contributed by atoms with Crippen molar-refractivity contribution >= 4 is 23.5 Å². The van der Waals surface area contributed by atoms with E-state index in [1.165, 1.54) is 15.9 Å². The number of carbonyl (C=O) groups is 3. The van der Waals surface area contributed by atoms with Crippen molar-refractivity contribution in [2.24, 2.45) is 11.8 Å². The summed E-state index contributed by atoms with van der Waals surface area (Å²) in [6.07, 6.45) is 2.48. The summed E-state index contributed by atoms with van der Waals surface area (Å²) in [5.74, 6) is -2.29. The maximum absolute atomic E-state index is 14.0. The molecule has 1 saturated heterocycles. The Morgan fingerprint density at radius 1 is 1.12 bits per heavy atom. The third kappa shape index (κ3) is 3.43. The third-order valence-corrected chi connectivity index (χ3v) is 5.56. The number of carboxylic acids is 1. The minimum Gasteiger partial charge on any atom is -0.481 e. The van der Waals surface area contributed by atoms with E-state index >= 15 is 0 Å². The fourth-order valence-corrected chi connectivity index (χ4v) is 3.96. The Labute approximate surface area is 151 Å². The van der Waals surface area contributed by atoms with Gasteiger partial charge in [-0.3, -0.25) is 14.4 Å². The average Bonchev–Trinajstić information content (AvgIpc) is 3.02. The Balaban J connectivity index is 1.64. The summed E-state index contributed by atoms with van der Waals surface area (Å²) < 4.78 is 14.0. The molecular weight excluding hydrogens is 339 g/mol. The number of amides is 2. The molecular formula is C19H23FN2O4. The molecule has 3 rings (SSSR count). The molecule has 1 aliphatic carbocycles. The van der Waals surface area contributed by atoms with Crippen LogP contribution in [0.1, 0.15) is 32.1 Å². The molecule has 1 atom stereocenters. The molecule has 0 spiro atoms.